The van der Waals surface area contributed by atoms with E-state index in [4.69, 9.17) is 16.3 Å². The Kier molecular flexibility index (Phi) is 3.54. The van der Waals surface area contributed by atoms with Gasteiger partial charge >= 0.3 is 0 Å². The van der Waals surface area contributed by atoms with E-state index in [0.717, 1.165) is 6.26 Å². The number of aromatic nitrogens is 1. The summed E-state index contributed by atoms with van der Waals surface area (Å²) in [6.07, 6.45) is 2.63. The lowest BCUT2D eigenvalue weighted by atomic mass is 10.3. The number of halogens is 1. The third kappa shape index (κ3) is 3.21. The molecule has 0 atom stereocenters. The molecule has 0 saturated heterocycles. The third-order valence-electron chi connectivity index (χ3n) is 2.17. The Hall–Kier alpha value is -1.59. The number of pyridine rings is 1. The number of hydrogen-bond acceptors (Lipinski definition) is 4. The van der Waals surface area contributed by atoms with E-state index >= 15 is 0 Å². The lowest BCUT2D eigenvalue weighted by Crippen LogP contribution is -1.96. The Morgan fingerprint density at radius 2 is 1.78 bits per heavy atom. The highest BCUT2D eigenvalue weighted by molar-refractivity contribution is 7.90. The fourth-order valence-electron chi connectivity index (χ4n) is 1.30. The highest BCUT2D eigenvalue weighted by atomic mass is 35.5. The molecule has 0 aliphatic heterocycles. The average molecular weight is 284 g/mol. The molecule has 1 heterocycles. The highest BCUT2D eigenvalue weighted by Gasteiger charge is 2.06. The maximum atomic E-state index is 11.3. The summed E-state index contributed by atoms with van der Waals surface area (Å²) in [6.45, 7) is 0. The van der Waals surface area contributed by atoms with Crippen molar-refractivity contribution in [2.24, 2.45) is 0 Å². The van der Waals surface area contributed by atoms with E-state index in [0.29, 0.717) is 16.7 Å². The smallest absolute Gasteiger partial charge is 0.219 e. The molecule has 1 aromatic heterocycles. The van der Waals surface area contributed by atoms with Gasteiger partial charge in [0, 0.05) is 18.5 Å². The molecule has 0 aliphatic rings. The molecular formula is C12H10ClNO3S. The second kappa shape index (κ2) is 4.96. The number of nitrogens with zero attached hydrogens (tertiary/aromatic N) is 1. The topological polar surface area (TPSA) is 56.3 Å². The lowest BCUT2D eigenvalue weighted by Gasteiger charge is -2.05. The predicted molar refractivity (Wildman–Crippen MR) is 68.9 cm³/mol. The quantitative estimate of drug-likeness (QED) is 0.869. The van der Waals surface area contributed by atoms with E-state index in [1.807, 2.05) is 0 Å². The van der Waals surface area contributed by atoms with Gasteiger partial charge in [-0.2, -0.15) is 0 Å². The van der Waals surface area contributed by atoms with Crippen molar-refractivity contribution < 1.29 is 13.2 Å². The van der Waals surface area contributed by atoms with Crippen molar-refractivity contribution >= 4 is 21.4 Å². The summed E-state index contributed by atoms with van der Waals surface area (Å²) in [7, 11) is -3.19. The Morgan fingerprint density at radius 3 is 2.28 bits per heavy atom. The van der Waals surface area contributed by atoms with Gasteiger partial charge in [0.25, 0.3) is 0 Å². The summed E-state index contributed by atoms with van der Waals surface area (Å²) in [4.78, 5) is 4.22. The Morgan fingerprint density at radius 1 is 1.11 bits per heavy atom. The zero-order chi connectivity index (χ0) is 13.2. The second-order valence-corrected chi connectivity index (χ2v) is 6.11. The Labute approximate surface area is 110 Å². The molecule has 4 nitrogen and oxygen atoms in total. The van der Waals surface area contributed by atoms with Crippen LogP contribution in [-0.2, 0) is 9.84 Å². The van der Waals surface area contributed by atoms with Crippen LogP contribution in [-0.4, -0.2) is 19.7 Å². The molecule has 2 aromatic rings. The minimum atomic E-state index is -3.19. The maximum Gasteiger partial charge on any atom is 0.219 e. The van der Waals surface area contributed by atoms with E-state index in [2.05, 4.69) is 4.98 Å². The normalized spacial score (nSPS) is 11.2. The number of hydrogen-bond donors (Lipinski definition) is 0. The summed E-state index contributed by atoms with van der Waals surface area (Å²) < 4.78 is 28.0. The van der Waals surface area contributed by atoms with Crippen LogP contribution in [0.3, 0.4) is 0 Å². The number of ether oxygens (including phenoxy) is 1. The van der Waals surface area contributed by atoms with E-state index in [1.54, 1.807) is 24.3 Å². The van der Waals surface area contributed by atoms with Crippen LogP contribution in [0.25, 0.3) is 0 Å². The van der Waals surface area contributed by atoms with Gasteiger partial charge in [-0.15, -0.1) is 0 Å². The largest absolute Gasteiger partial charge is 0.439 e. The number of rotatable bonds is 3. The van der Waals surface area contributed by atoms with Crippen molar-refractivity contribution in [2.75, 3.05) is 6.26 Å². The fourth-order valence-corrected chi connectivity index (χ4v) is 2.04. The van der Waals surface area contributed by atoms with E-state index in [-0.39, 0.29) is 4.90 Å². The fraction of sp³-hybridized carbons (Fsp3) is 0.0833. The van der Waals surface area contributed by atoms with Gasteiger partial charge < -0.3 is 4.74 Å². The summed E-state index contributed by atoms with van der Waals surface area (Å²) >= 11 is 5.70. The van der Waals surface area contributed by atoms with Crippen molar-refractivity contribution in [3.63, 3.8) is 0 Å². The molecule has 0 saturated carbocycles. The molecule has 0 N–H and O–H groups in total. The molecule has 1 aromatic carbocycles. The summed E-state index contributed by atoms with van der Waals surface area (Å²) in [6, 6.07) is 9.42. The van der Waals surface area contributed by atoms with Gasteiger partial charge in [-0.1, -0.05) is 11.6 Å². The predicted octanol–water partition coefficient (Wildman–Crippen LogP) is 2.93. The molecule has 0 spiro atoms. The Balaban J connectivity index is 2.18. The minimum Gasteiger partial charge on any atom is -0.439 e. The van der Waals surface area contributed by atoms with Crippen LogP contribution in [0.2, 0.25) is 5.02 Å². The molecule has 0 bridgehead atoms. The lowest BCUT2D eigenvalue weighted by molar-refractivity contribution is 0.462. The van der Waals surface area contributed by atoms with Crippen molar-refractivity contribution in [2.45, 2.75) is 4.90 Å². The van der Waals surface area contributed by atoms with Gasteiger partial charge in [-0.05, 0) is 30.3 Å². The van der Waals surface area contributed by atoms with Crippen LogP contribution in [0.15, 0.2) is 47.5 Å². The van der Waals surface area contributed by atoms with Gasteiger partial charge in [0.2, 0.25) is 5.88 Å². The van der Waals surface area contributed by atoms with Gasteiger partial charge in [0.1, 0.15) is 5.75 Å². The van der Waals surface area contributed by atoms with Crippen LogP contribution in [0.1, 0.15) is 0 Å². The van der Waals surface area contributed by atoms with Crippen molar-refractivity contribution in [3.05, 3.63) is 47.6 Å². The van der Waals surface area contributed by atoms with E-state index < -0.39 is 9.84 Å². The summed E-state index contributed by atoms with van der Waals surface area (Å²) in [5.41, 5.74) is 0. The standard InChI is InChI=1S/C12H10ClNO3S/c1-18(15,16)11-5-3-10(4-6-11)17-12-7-2-9(13)8-14-12/h2-8H,1H3. The Bertz CT molecular complexity index is 636. The first-order valence-corrected chi connectivity index (χ1v) is 7.31. The molecule has 94 valence electrons. The monoisotopic (exact) mass is 283 g/mol. The summed E-state index contributed by atoms with van der Waals surface area (Å²) in [5, 5.41) is 0.523. The number of sulfone groups is 1. The van der Waals surface area contributed by atoms with E-state index in [1.165, 1.54) is 18.3 Å². The van der Waals surface area contributed by atoms with Gasteiger partial charge in [0.15, 0.2) is 9.84 Å². The van der Waals surface area contributed by atoms with Crippen molar-refractivity contribution in [3.8, 4) is 11.6 Å². The van der Waals surface area contributed by atoms with Gasteiger partial charge in [0.05, 0.1) is 9.92 Å². The first-order valence-electron chi connectivity index (χ1n) is 5.05. The first-order chi connectivity index (χ1) is 8.45. The first kappa shape index (κ1) is 12.9. The van der Waals surface area contributed by atoms with Crippen LogP contribution in [0.4, 0.5) is 0 Å². The minimum absolute atomic E-state index is 0.249. The van der Waals surface area contributed by atoms with Crippen LogP contribution >= 0.6 is 11.6 Å². The van der Waals surface area contributed by atoms with Crippen molar-refractivity contribution in [1.29, 1.82) is 0 Å². The molecule has 18 heavy (non-hydrogen) atoms. The SMILES string of the molecule is CS(=O)(=O)c1ccc(Oc2ccc(Cl)cn2)cc1. The molecule has 0 fully saturated rings. The van der Waals surface area contributed by atoms with Crippen LogP contribution in [0.5, 0.6) is 11.6 Å². The number of benzene rings is 1. The third-order valence-corrected chi connectivity index (χ3v) is 3.53. The van der Waals surface area contributed by atoms with Gasteiger partial charge in [-0.25, -0.2) is 13.4 Å². The van der Waals surface area contributed by atoms with Crippen molar-refractivity contribution in [1.82, 2.24) is 4.98 Å². The van der Waals surface area contributed by atoms with Gasteiger partial charge in [-0.3, -0.25) is 0 Å². The molecule has 0 unspecified atom stereocenters. The zero-order valence-electron chi connectivity index (χ0n) is 9.50. The molecular weight excluding hydrogens is 274 g/mol. The molecule has 6 heteroatoms. The molecule has 0 amide bonds. The van der Waals surface area contributed by atoms with E-state index in [9.17, 15) is 8.42 Å². The zero-order valence-corrected chi connectivity index (χ0v) is 11.1. The molecule has 0 radical (unpaired) electrons. The molecule has 0 aliphatic carbocycles. The van der Waals surface area contributed by atoms with Crippen LogP contribution in [0, 0.1) is 0 Å². The summed E-state index contributed by atoms with van der Waals surface area (Å²) in [5.74, 6) is 0.906. The average Bonchev–Trinajstić information content (AvgIpc) is 2.32. The molecule has 2 rings (SSSR count). The second-order valence-electron chi connectivity index (χ2n) is 3.66. The van der Waals surface area contributed by atoms with Crippen LogP contribution < -0.4 is 4.74 Å². The maximum absolute atomic E-state index is 11.3. The highest BCUT2D eigenvalue weighted by Crippen LogP contribution is 2.22.